The molecule has 0 unspecified atom stereocenters. The first-order chi connectivity index (χ1) is 13.2. The maximum atomic E-state index is 4.87. The molecule has 3 heterocycles. The zero-order valence-electron chi connectivity index (χ0n) is 15.4. The van der Waals surface area contributed by atoms with Gasteiger partial charge in [-0.25, -0.2) is 9.97 Å². The van der Waals surface area contributed by atoms with Crippen LogP contribution in [0.3, 0.4) is 0 Å². The normalized spacial score (nSPS) is 12.4. The number of fused-ring (bicyclic) bond motifs is 1. The number of aromatic nitrogens is 2. The number of hydrogen-bond acceptors (Lipinski definition) is 6. The van der Waals surface area contributed by atoms with Crippen LogP contribution in [0, 0.1) is 0 Å². The van der Waals surface area contributed by atoms with Crippen molar-refractivity contribution in [2.24, 2.45) is 0 Å². The highest BCUT2D eigenvalue weighted by Crippen LogP contribution is 2.25. The van der Waals surface area contributed by atoms with Crippen LogP contribution in [0.4, 0.5) is 5.82 Å². The molecule has 0 saturated carbocycles. The van der Waals surface area contributed by atoms with Gasteiger partial charge in [-0.3, -0.25) is 0 Å². The van der Waals surface area contributed by atoms with Crippen molar-refractivity contribution in [1.82, 2.24) is 15.3 Å². The van der Waals surface area contributed by atoms with Gasteiger partial charge in [0.1, 0.15) is 10.8 Å². The second-order valence-corrected chi connectivity index (χ2v) is 8.40. The third-order valence-corrected chi connectivity index (χ3v) is 6.13. The fourth-order valence-electron chi connectivity index (χ4n) is 3.20. The van der Waals surface area contributed by atoms with Crippen LogP contribution in [0.1, 0.15) is 22.2 Å². The SMILES string of the molecule is CN(C)c1nc2ccccc2cc1CN[C@@H](Cc1ccsc1)c1nccs1. The lowest BCUT2D eigenvalue weighted by Gasteiger charge is -2.20. The van der Waals surface area contributed by atoms with Crippen molar-refractivity contribution in [2.45, 2.75) is 19.0 Å². The Morgan fingerprint density at radius 2 is 2.04 bits per heavy atom. The van der Waals surface area contributed by atoms with E-state index in [9.17, 15) is 0 Å². The smallest absolute Gasteiger partial charge is 0.133 e. The summed E-state index contributed by atoms with van der Waals surface area (Å²) in [6.45, 7) is 0.750. The third-order valence-electron chi connectivity index (χ3n) is 4.51. The number of anilines is 1. The Balaban J connectivity index is 1.60. The predicted molar refractivity (Wildman–Crippen MR) is 116 cm³/mol. The van der Waals surface area contributed by atoms with E-state index in [2.05, 4.69) is 56.3 Å². The van der Waals surface area contributed by atoms with E-state index in [1.54, 1.807) is 22.7 Å². The lowest BCUT2D eigenvalue weighted by Crippen LogP contribution is -2.24. The van der Waals surface area contributed by atoms with Crippen LogP contribution in [-0.4, -0.2) is 24.1 Å². The van der Waals surface area contributed by atoms with Crippen molar-refractivity contribution >= 4 is 39.4 Å². The molecule has 1 aromatic carbocycles. The van der Waals surface area contributed by atoms with Crippen molar-refractivity contribution in [3.8, 4) is 0 Å². The standard InChI is InChI=1S/C21H22N4S2/c1-25(2)20-17(12-16-5-3-4-6-18(16)24-20)13-23-19(21-22-8-10-27-21)11-15-7-9-26-14-15/h3-10,12,14,19,23H,11,13H2,1-2H3/t19-/m0/s1. The Morgan fingerprint density at radius 1 is 1.15 bits per heavy atom. The molecular formula is C21H22N4S2. The van der Waals surface area contributed by atoms with Crippen LogP contribution < -0.4 is 10.2 Å². The van der Waals surface area contributed by atoms with Gasteiger partial charge in [0.2, 0.25) is 0 Å². The first-order valence-electron chi connectivity index (χ1n) is 8.90. The molecule has 0 amide bonds. The van der Waals surface area contributed by atoms with Crippen LogP contribution in [0.15, 0.2) is 58.7 Å². The van der Waals surface area contributed by atoms with Crippen LogP contribution in [-0.2, 0) is 13.0 Å². The molecule has 0 aliphatic rings. The number of thiophene rings is 1. The largest absolute Gasteiger partial charge is 0.362 e. The minimum atomic E-state index is 0.195. The van der Waals surface area contributed by atoms with E-state index in [1.807, 2.05) is 31.7 Å². The van der Waals surface area contributed by atoms with Crippen molar-refractivity contribution in [2.75, 3.05) is 19.0 Å². The lowest BCUT2D eigenvalue weighted by atomic mass is 10.1. The number of benzene rings is 1. The fourth-order valence-corrected chi connectivity index (χ4v) is 4.59. The van der Waals surface area contributed by atoms with Gasteiger partial charge in [0.25, 0.3) is 0 Å². The van der Waals surface area contributed by atoms with Crippen molar-refractivity contribution in [3.05, 3.63) is 74.9 Å². The highest BCUT2D eigenvalue weighted by molar-refractivity contribution is 7.09. The molecule has 3 aromatic heterocycles. The Kier molecular flexibility index (Phi) is 5.48. The first kappa shape index (κ1) is 18.1. The molecule has 27 heavy (non-hydrogen) atoms. The summed E-state index contributed by atoms with van der Waals surface area (Å²) in [4.78, 5) is 11.5. The molecule has 0 bridgehead atoms. The summed E-state index contributed by atoms with van der Waals surface area (Å²) < 4.78 is 0. The van der Waals surface area contributed by atoms with Crippen LogP contribution in [0.5, 0.6) is 0 Å². The molecule has 0 aliphatic heterocycles. The number of thiazole rings is 1. The van der Waals surface area contributed by atoms with E-state index >= 15 is 0 Å². The van der Waals surface area contributed by atoms with Gasteiger partial charge in [-0.2, -0.15) is 11.3 Å². The van der Waals surface area contributed by atoms with Crippen molar-refractivity contribution < 1.29 is 0 Å². The summed E-state index contributed by atoms with van der Waals surface area (Å²) in [5.41, 5.74) is 3.57. The zero-order valence-corrected chi connectivity index (χ0v) is 17.1. The van der Waals surface area contributed by atoms with Crippen LogP contribution in [0.25, 0.3) is 10.9 Å². The second-order valence-electron chi connectivity index (χ2n) is 6.70. The van der Waals surface area contributed by atoms with Gasteiger partial charge < -0.3 is 10.2 Å². The van der Waals surface area contributed by atoms with Gasteiger partial charge in [0, 0.05) is 43.2 Å². The minimum Gasteiger partial charge on any atom is -0.362 e. The number of para-hydroxylation sites is 1. The number of nitrogens with one attached hydrogen (secondary N) is 1. The van der Waals surface area contributed by atoms with Crippen molar-refractivity contribution in [3.63, 3.8) is 0 Å². The number of pyridine rings is 1. The van der Waals surface area contributed by atoms with E-state index in [0.29, 0.717) is 0 Å². The Bertz CT molecular complexity index is 994. The average Bonchev–Trinajstić information content (AvgIpc) is 3.38. The molecule has 4 rings (SSSR count). The van der Waals surface area contributed by atoms with E-state index in [0.717, 1.165) is 29.3 Å². The van der Waals surface area contributed by atoms with Gasteiger partial charge in [-0.1, -0.05) is 18.2 Å². The van der Waals surface area contributed by atoms with E-state index in [4.69, 9.17) is 4.98 Å². The number of hydrogen-bond donors (Lipinski definition) is 1. The van der Waals surface area contributed by atoms with Gasteiger partial charge in [-0.05, 0) is 40.9 Å². The Hall–Kier alpha value is -2.28. The zero-order chi connectivity index (χ0) is 18.6. The van der Waals surface area contributed by atoms with Gasteiger partial charge in [-0.15, -0.1) is 11.3 Å². The summed E-state index contributed by atoms with van der Waals surface area (Å²) in [7, 11) is 4.09. The maximum absolute atomic E-state index is 4.87. The highest BCUT2D eigenvalue weighted by Gasteiger charge is 2.17. The van der Waals surface area contributed by atoms with E-state index in [-0.39, 0.29) is 6.04 Å². The molecule has 1 atom stereocenters. The van der Waals surface area contributed by atoms with Gasteiger partial charge >= 0.3 is 0 Å². The van der Waals surface area contributed by atoms with E-state index < -0.39 is 0 Å². The fraction of sp³-hybridized carbons (Fsp3) is 0.238. The summed E-state index contributed by atoms with van der Waals surface area (Å²) in [5.74, 6) is 1.01. The summed E-state index contributed by atoms with van der Waals surface area (Å²) in [5, 5.41) is 12.4. The van der Waals surface area contributed by atoms with Crippen LogP contribution in [0.2, 0.25) is 0 Å². The molecule has 4 nitrogen and oxygen atoms in total. The second kappa shape index (κ2) is 8.17. The molecular weight excluding hydrogens is 372 g/mol. The Labute approximate surface area is 167 Å². The summed E-state index contributed by atoms with van der Waals surface area (Å²) in [6.07, 6.45) is 2.82. The average molecular weight is 395 g/mol. The molecule has 0 fully saturated rings. The predicted octanol–water partition coefficient (Wildman–Crippen LogP) is 4.89. The lowest BCUT2D eigenvalue weighted by molar-refractivity contribution is 0.528. The molecule has 1 N–H and O–H groups in total. The number of rotatable bonds is 7. The maximum Gasteiger partial charge on any atom is 0.133 e. The molecule has 138 valence electrons. The minimum absolute atomic E-state index is 0.195. The van der Waals surface area contributed by atoms with Crippen molar-refractivity contribution in [1.29, 1.82) is 0 Å². The third kappa shape index (κ3) is 4.18. The van der Waals surface area contributed by atoms with Gasteiger partial charge in [0.05, 0.1) is 11.6 Å². The quantitative estimate of drug-likeness (QED) is 0.484. The number of nitrogens with zero attached hydrogens (tertiary/aromatic N) is 3. The molecule has 0 radical (unpaired) electrons. The molecule has 6 heteroatoms. The molecule has 0 aliphatic carbocycles. The van der Waals surface area contributed by atoms with Crippen LogP contribution >= 0.6 is 22.7 Å². The topological polar surface area (TPSA) is 41.1 Å². The highest BCUT2D eigenvalue weighted by atomic mass is 32.1. The Morgan fingerprint density at radius 3 is 2.78 bits per heavy atom. The van der Waals surface area contributed by atoms with Gasteiger partial charge in [0.15, 0.2) is 0 Å². The molecule has 0 spiro atoms. The van der Waals surface area contributed by atoms with E-state index in [1.165, 1.54) is 16.5 Å². The molecule has 0 saturated heterocycles. The monoisotopic (exact) mass is 394 g/mol. The summed E-state index contributed by atoms with van der Waals surface area (Å²) >= 11 is 3.44. The molecule has 4 aromatic rings. The first-order valence-corrected chi connectivity index (χ1v) is 10.7. The summed E-state index contributed by atoms with van der Waals surface area (Å²) in [6, 6.07) is 12.9.